The predicted molar refractivity (Wildman–Crippen MR) is 75.3 cm³/mol. The SMILES string of the molecule is CN(Cc1ccc2c(c1)OCCO2)C(=O)c1cscn1. The first-order valence-corrected chi connectivity index (χ1v) is 7.20. The van der Waals surface area contributed by atoms with E-state index >= 15 is 0 Å². The van der Waals surface area contributed by atoms with Crippen molar-refractivity contribution in [3.8, 4) is 11.5 Å². The molecule has 0 aliphatic carbocycles. The molecule has 0 bridgehead atoms. The molecule has 5 nitrogen and oxygen atoms in total. The van der Waals surface area contributed by atoms with E-state index in [0.717, 1.165) is 17.1 Å². The van der Waals surface area contributed by atoms with Crippen molar-refractivity contribution in [1.29, 1.82) is 0 Å². The Hall–Kier alpha value is -2.08. The minimum Gasteiger partial charge on any atom is -0.486 e. The van der Waals surface area contributed by atoms with Crippen LogP contribution in [0.2, 0.25) is 0 Å². The second kappa shape index (κ2) is 5.50. The molecule has 1 amide bonds. The Morgan fingerprint density at radius 3 is 2.90 bits per heavy atom. The highest BCUT2D eigenvalue weighted by Gasteiger charge is 2.16. The lowest BCUT2D eigenvalue weighted by Gasteiger charge is -2.20. The van der Waals surface area contributed by atoms with Crippen LogP contribution in [0.1, 0.15) is 16.1 Å². The topological polar surface area (TPSA) is 51.7 Å². The van der Waals surface area contributed by atoms with E-state index in [-0.39, 0.29) is 5.91 Å². The molecule has 0 fully saturated rings. The van der Waals surface area contributed by atoms with Gasteiger partial charge >= 0.3 is 0 Å². The summed E-state index contributed by atoms with van der Waals surface area (Å²) in [6, 6.07) is 5.74. The third-order valence-electron chi connectivity index (χ3n) is 3.02. The van der Waals surface area contributed by atoms with Gasteiger partial charge < -0.3 is 14.4 Å². The Morgan fingerprint density at radius 2 is 2.15 bits per heavy atom. The first kappa shape index (κ1) is 12.9. The molecule has 104 valence electrons. The summed E-state index contributed by atoms with van der Waals surface area (Å²) < 4.78 is 11.0. The smallest absolute Gasteiger partial charge is 0.273 e. The van der Waals surface area contributed by atoms with Crippen LogP contribution in [0, 0.1) is 0 Å². The maximum absolute atomic E-state index is 12.1. The van der Waals surface area contributed by atoms with Gasteiger partial charge in [-0.05, 0) is 17.7 Å². The van der Waals surface area contributed by atoms with Crippen molar-refractivity contribution in [2.45, 2.75) is 6.54 Å². The number of hydrogen-bond acceptors (Lipinski definition) is 5. The van der Waals surface area contributed by atoms with Gasteiger partial charge in [0.05, 0.1) is 5.51 Å². The van der Waals surface area contributed by atoms with E-state index in [9.17, 15) is 4.79 Å². The largest absolute Gasteiger partial charge is 0.486 e. The number of ether oxygens (including phenoxy) is 2. The first-order valence-electron chi connectivity index (χ1n) is 6.26. The van der Waals surface area contributed by atoms with Crippen LogP contribution < -0.4 is 9.47 Å². The number of hydrogen-bond donors (Lipinski definition) is 0. The number of amides is 1. The molecule has 0 N–H and O–H groups in total. The number of nitrogens with zero attached hydrogens (tertiary/aromatic N) is 2. The third kappa shape index (κ3) is 2.60. The van der Waals surface area contributed by atoms with Gasteiger partial charge in [0, 0.05) is 19.0 Å². The zero-order chi connectivity index (χ0) is 13.9. The Bertz CT molecular complexity index is 613. The molecule has 1 aliphatic heterocycles. The van der Waals surface area contributed by atoms with E-state index in [0.29, 0.717) is 25.5 Å². The molecule has 1 aromatic heterocycles. The van der Waals surface area contributed by atoms with Crippen LogP contribution in [0.3, 0.4) is 0 Å². The number of rotatable bonds is 3. The van der Waals surface area contributed by atoms with Gasteiger partial charge in [0.2, 0.25) is 0 Å². The summed E-state index contributed by atoms with van der Waals surface area (Å²) in [5, 5.41) is 1.75. The minimum atomic E-state index is -0.0823. The van der Waals surface area contributed by atoms with Crippen molar-refractivity contribution in [2.24, 2.45) is 0 Å². The lowest BCUT2D eigenvalue weighted by molar-refractivity contribution is 0.0780. The van der Waals surface area contributed by atoms with Crippen molar-refractivity contribution in [3.05, 3.63) is 40.3 Å². The van der Waals surface area contributed by atoms with Crippen molar-refractivity contribution < 1.29 is 14.3 Å². The molecular formula is C14H14N2O3S. The summed E-state index contributed by atoms with van der Waals surface area (Å²) in [5.41, 5.74) is 3.14. The number of aromatic nitrogens is 1. The van der Waals surface area contributed by atoms with E-state index in [1.54, 1.807) is 22.8 Å². The number of carbonyl (C=O) groups excluding carboxylic acids is 1. The Morgan fingerprint density at radius 1 is 1.35 bits per heavy atom. The fourth-order valence-electron chi connectivity index (χ4n) is 2.05. The zero-order valence-electron chi connectivity index (χ0n) is 11.0. The van der Waals surface area contributed by atoms with Crippen molar-refractivity contribution in [3.63, 3.8) is 0 Å². The molecule has 20 heavy (non-hydrogen) atoms. The average Bonchev–Trinajstić information content (AvgIpc) is 3.00. The van der Waals surface area contributed by atoms with Crippen LogP contribution in [0.15, 0.2) is 29.1 Å². The van der Waals surface area contributed by atoms with Crippen LogP contribution in [0.4, 0.5) is 0 Å². The number of benzene rings is 1. The van der Waals surface area contributed by atoms with Gasteiger partial charge in [0.25, 0.3) is 5.91 Å². The summed E-state index contributed by atoms with van der Waals surface area (Å²) in [6.45, 7) is 1.64. The Balaban J connectivity index is 1.72. The maximum Gasteiger partial charge on any atom is 0.273 e. The fourth-order valence-corrected chi connectivity index (χ4v) is 2.57. The molecule has 0 spiro atoms. The molecule has 6 heteroatoms. The molecule has 3 rings (SSSR count). The summed E-state index contributed by atoms with van der Waals surface area (Å²) in [5.74, 6) is 1.41. The van der Waals surface area contributed by atoms with Crippen LogP contribution in [-0.4, -0.2) is 36.1 Å². The monoisotopic (exact) mass is 290 g/mol. The molecule has 0 saturated heterocycles. The highest BCUT2D eigenvalue weighted by Crippen LogP contribution is 2.31. The summed E-state index contributed by atoms with van der Waals surface area (Å²) >= 11 is 1.42. The van der Waals surface area contributed by atoms with E-state index in [4.69, 9.17) is 9.47 Å². The highest BCUT2D eigenvalue weighted by atomic mass is 32.1. The minimum absolute atomic E-state index is 0.0823. The standard InChI is InChI=1S/C14H14N2O3S/c1-16(14(17)11-8-20-9-15-11)7-10-2-3-12-13(6-10)19-5-4-18-12/h2-3,6,8-9H,4-5,7H2,1H3. The molecule has 0 saturated carbocycles. The highest BCUT2D eigenvalue weighted by molar-refractivity contribution is 7.07. The molecular weight excluding hydrogens is 276 g/mol. The lowest BCUT2D eigenvalue weighted by Crippen LogP contribution is -2.26. The molecule has 2 heterocycles. The molecule has 1 aromatic carbocycles. The van der Waals surface area contributed by atoms with Gasteiger partial charge in [0.15, 0.2) is 11.5 Å². The normalized spacial score (nSPS) is 13.1. The van der Waals surface area contributed by atoms with E-state index in [1.807, 2.05) is 18.2 Å². The van der Waals surface area contributed by atoms with Gasteiger partial charge in [-0.15, -0.1) is 11.3 Å². The maximum atomic E-state index is 12.1. The fraction of sp³-hybridized carbons (Fsp3) is 0.286. The average molecular weight is 290 g/mol. The van der Waals surface area contributed by atoms with Gasteiger partial charge in [-0.25, -0.2) is 4.98 Å². The number of carbonyl (C=O) groups is 1. The first-order chi connectivity index (χ1) is 9.74. The van der Waals surface area contributed by atoms with E-state index in [2.05, 4.69) is 4.98 Å². The summed E-state index contributed by atoms with van der Waals surface area (Å²) in [4.78, 5) is 17.8. The van der Waals surface area contributed by atoms with Crippen LogP contribution in [-0.2, 0) is 6.54 Å². The Labute approximate surface area is 120 Å². The molecule has 0 atom stereocenters. The second-order valence-corrected chi connectivity index (χ2v) is 5.23. The van der Waals surface area contributed by atoms with Gasteiger partial charge in [-0.3, -0.25) is 4.79 Å². The molecule has 2 aromatic rings. The zero-order valence-corrected chi connectivity index (χ0v) is 11.9. The summed E-state index contributed by atoms with van der Waals surface area (Å²) in [6.07, 6.45) is 0. The van der Waals surface area contributed by atoms with E-state index in [1.165, 1.54) is 11.3 Å². The molecule has 1 aliphatic rings. The van der Waals surface area contributed by atoms with Gasteiger partial charge in [-0.2, -0.15) is 0 Å². The van der Waals surface area contributed by atoms with Gasteiger partial charge in [-0.1, -0.05) is 6.07 Å². The quantitative estimate of drug-likeness (QED) is 0.869. The van der Waals surface area contributed by atoms with Crippen LogP contribution >= 0.6 is 11.3 Å². The van der Waals surface area contributed by atoms with Gasteiger partial charge in [0.1, 0.15) is 18.9 Å². The van der Waals surface area contributed by atoms with E-state index < -0.39 is 0 Å². The number of thiazole rings is 1. The van der Waals surface area contributed by atoms with Crippen molar-refractivity contribution >= 4 is 17.2 Å². The summed E-state index contributed by atoms with van der Waals surface area (Å²) in [7, 11) is 1.76. The molecule has 0 radical (unpaired) electrons. The Kier molecular flexibility index (Phi) is 3.56. The van der Waals surface area contributed by atoms with Crippen LogP contribution in [0.5, 0.6) is 11.5 Å². The lowest BCUT2D eigenvalue weighted by atomic mass is 10.2. The second-order valence-electron chi connectivity index (χ2n) is 4.51. The molecule has 0 unspecified atom stereocenters. The van der Waals surface area contributed by atoms with Crippen LogP contribution in [0.25, 0.3) is 0 Å². The number of fused-ring (bicyclic) bond motifs is 1. The van der Waals surface area contributed by atoms with Crippen molar-refractivity contribution in [2.75, 3.05) is 20.3 Å². The third-order valence-corrected chi connectivity index (χ3v) is 3.61. The van der Waals surface area contributed by atoms with Crippen molar-refractivity contribution in [1.82, 2.24) is 9.88 Å². The predicted octanol–water partition coefficient (Wildman–Crippen LogP) is 2.19.